The molecule has 1 aliphatic heterocycles. The molecule has 1 aromatic heterocycles. The van der Waals surface area contributed by atoms with E-state index >= 15 is 0 Å². The van der Waals surface area contributed by atoms with Crippen molar-refractivity contribution in [2.45, 2.75) is 19.8 Å². The van der Waals surface area contributed by atoms with Gasteiger partial charge in [-0.1, -0.05) is 5.16 Å². The zero-order chi connectivity index (χ0) is 18.4. The Hall–Kier alpha value is -2.19. The molecule has 1 saturated heterocycles. The Morgan fingerprint density at radius 2 is 2.15 bits per heavy atom. The molecule has 26 heavy (non-hydrogen) atoms. The highest BCUT2D eigenvalue weighted by molar-refractivity contribution is 5.85. The van der Waals surface area contributed by atoms with Crippen LogP contribution >= 0.6 is 0 Å². The van der Waals surface area contributed by atoms with E-state index in [1.807, 2.05) is 0 Å². The van der Waals surface area contributed by atoms with E-state index in [1.165, 1.54) is 12.1 Å². The molecule has 3 rings (SSSR count). The number of nitrogens with zero attached hydrogens (tertiary/aromatic N) is 2. The number of ether oxygens (including phenoxy) is 3. The van der Waals surface area contributed by atoms with Gasteiger partial charge in [-0.25, -0.2) is 4.39 Å². The molecule has 0 atom stereocenters. The number of hydrogen-bond acceptors (Lipinski definition) is 7. The van der Waals surface area contributed by atoms with Crippen molar-refractivity contribution >= 4 is 16.9 Å². The lowest BCUT2D eigenvalue weighted by atomic mass is 10.1. The highest BCUT2D eigenvalue weighted by atomic mass is 19.1. The summed E-state index contributed by atoms with van der Waals surface area (Å²) in [5.74, 6) is -0.782. The smallest absolute Gasteiger partial charge is 0.312 e. The molecule has 0 spiro atoms. The predicted molar refractivity (Wildman–Crippen MR) is 91.7 cm³/mol. The van der Waals surface area contributed by atoms with Gasteiger partial charge in [0.2, 0.25) is 0 Å². The maximum Gasteiger partial charge on any atom is 0.312 e. The molecule has 1 aromatic carbocycles. The molecule has 0 bridgehead atoms. The summed E-state index contributed by atoms with van der Waals surface area (Å²) in [7, 11) is 0. The number of aromatic nitrogens is 1. The first-order valence-electron chi connectivity index (χ1n) is 8.83. The SMILES string of the molecule is CCOC(=O)Cc1noc2cc(F)c(OCCCN3CCOCC3)cc12. The second-order valence-electron chi connectivity index (χ2n) is 6.05. The molecular weight excluding hydrogens is 343 g/mol. The summed E-state index contributed by atoms with van der Waals surface area (Å²) >= 11 is 0. The lowest BCUT2D eigenvalue weighted by Gasteiger charge is -2.26. The fraction of sp³-hybridized carbons (Fsp3) is 0.556. The molecule has 0 saturated carbocycles. The van der Waals surface area contributed by atoms with Crippen LogP contribution < -0.4 is 4.74 Å². The molecule has 1 fully saturated rings. The van der Waals surface area contributed by atoms with E-state index in [-0.39, 0.29) is 17.8 Å². The van der Waals surface area contributed by atoms with Gasteiger partial charge in [0.1, 0.15) is 5.69 Å². The molecule has 0 amide bonds. The Labute approximate surface area is 151 Å². The monoisotopic (exact) mass is 366 g/mol. The summed E-state index contributed by atoms with van der Waals surface area (Å²) in [6, 6.07) is 2.76. The van der Waals surface area contributed by atoms with Crippen molar-refractivity contribution in [3.8, 4) is 5.75 Å². The number of rotatable bonds is 8. The maximum absolute atomic E-state index is 14.2. The highest BCUT2D eigenvalue weighted by Crippen LogP contribution is 2.27. The van der Waals surface area contributed by atoms with E-state index in [4.69, 9.17) is 18.7 Å². The first-order valence-corrected chi connectivity index (χ1v) is 8.83. The topological polar surface area (TPSA) is 74.0 Å². The zero-order valence-electron chi connectivity index (χ0n) is 14.8. The number of benzene rings is 1. The van der Waals surface area contributed by atoms with Crippen LogP contribution in [0.4, 0.5) is 4.39 Å². The summed E-state index contributed by atoms with van der Waals surface area (Å²) in [5, 5.41) is 4.40. The number of esters is 1. The molecule has 7 nitrogen and oxygen atoms in total. The number of morpholine rings is 1. The number of hydrogen-bond donors (Lipinski definition) is 0. The molecule has 142 valence electrons. The van der Waals surface area contributed by atoms with Gasteiger partial charge in [-0.2, -0.15) is 0 Å². The van der Waals surface area contributed by atoms with Gasteiger partial charge in [-0.3, -0.25) is 9.69 Å². The Morgan fingerprint density at radius 1 is 1.35 bits per heavy atom. The fourth-order valence-corrected chi connectivity index (χ4v) is 2.87. The van der Waals surface area contributed by atoms with Crippen LogP contribution in [0.2, 0.25) is 0 Å². The Kier molecular flexibility index (Phi) is 6.40. The van der Waals surface area contributed by atoms with Crippen molar-refractivity contribution in [1.82, 2.24) is 10.1 Å². The third-order valence-electron chi connectivity index (χ3n) is 4.20. The lowest BCUT2D eigenvalue weighted by molar-refractivity contribution is -0.142. The van der Waals surface area contributed by atoms with E-state index in [9.17, 15) is 9.18 Å². The lowest BCUT2D eigenvalue weighted by Crippen LogP contribution is -2.37. The van der Waals surface area contributed by atoms with Crippen molar-refractivity contribution in [3.63, 3.8) is 0 Å². The van der Waals surface area contributed by atoms with Crippen molar-refractivity contribution in [2.75, 3.05) is 46.1 Å². The number of fused-ring (bicyclic) bond motifs is 1. The van der Waals surface area contributed by atoms with Crippen LogP contribution in [0.3, 0.4) is 0 Å². The predicted octanol–water partition coefficient (Wildman–Crippen LogP) is 2.17. The summed E-state index contributed by atoms with van der Waals surface area (Å²) < 4.78 is 35.1. The van der Waals surface area contributed by atoms with Crippen LogP contribution in [0.5, 0.6) is 5.75 Å². The normalized spacial score (nSPS) is 15.3. The molecule has 1 aliphatic rings. The van der Waals surface area contributed by atoms with Crippen molar-refractivity contribution in [1.29, 1.82) is 0 Å². The quantitative estimate of drug-likeness (QED) is 0.524. The molecule has 0 unspecified atom stereocenters. The molecule has 0 radical (unpaired) electrons. The van der Waals surface area contributed by atoms with Gasteiger partial charge in [0.05, 0.1) is 32.8 Å². The average Bonchev–Trinajstić information content (AvgIpc) is 3.01. The standard InChI is InChI=1S/C18H23FN2O5/c1-2-24-18(22)12-15-13-10-17(14(19)11-16(13)26-20-15)25-7-3-4-21-5-8-23-9-6-21/h10-11H,2-9,12H2,1H3. The van der Waals surface area contributed by atoms with Gasteiger partial charge in [-0.15, -0.1) is 0 Å². The third kappa shape index (κ3) is 4.70. The van der Waals surface area contributed by atoms with E-state index in [2.05, 4.69) is 10.1 Å². The van der Waals surface area contributed by atoms with Gasteiger partial charge in [0.15, 0.2) is 17.1 Å². The minimum absolute atomic E-state index is 0.0249. The van der Waals surface area contributed by atoms with Gasteiger partial charge in [-0.05, 0) is 19.4 Å². The maximum atomic E-state index is 14.2. The Balaban J connectivity index is 1.60. The molecule has 2 heterocycles. The van der Waals surface area contributed by atoms with E-state index in [1.54, 1.807) is 6.92 Å². The largest absolute Gasteiger partial charge is 0.490 e. The minimum atomic E-state index is -0.511. The third-order valence-corrected chi connectivity index (χ3v) is 4.20. The van der Waals surface area contributed by atoms with Crippen LogP contribution in [0.15, 0.2) is 16.7 Å². The first kappa shape index (κ1) is 18.6. The molecular formula is C18H23FN2O5. The van der Waals surface area contributed by atoms with Crippen LogP contribution in [0.25, 0.3) is 11.0 Å². The summed E-state index contributed by atoms with van der Waals surface area (Å²) in [6.07, 6.45) is 0.764. The summed E-state index contributed by atoms with van der Waals surface area (Å²) in [6.45, 7) is 6.65. The second-order valence-corrected chi connectivity index (χ2v) is 6.05. The van der Waals surface area contributed by atoms with Crippen molar-refractivity contribution in [2.24, 2.45) is 0 Å². The zero-order valence-corrected chi connectivity index (χ0v) is 14.8. The average molecular weight is 366 g/mol. The van der Waals surface area contributed by atoms with Crippen LogP contribution in [0, 0.1) is 5.82 Å². The van der Waals surface area contributed by atoms with Crippen LogP contribution in [0.1, 0.15) is 19.0 Å². The molecule has 8 heteroatoms. The second kappa shape index (κ2) is 8.95. The fourth-order valence-electron chi connectivity index (χ4n) is 2.87. The minimum Gasteiger partial charge on any atom is -0.490 e. The molecule has 0 aliphatic carbocycles. The molecule has 0 N–H and O–H groups in total. The van der Waals surface area contributed by atoms with Gasteiger partial charge >= 0.3 is 5.97 Å². The van der Waals surface area contributed by atoms with Crippen LogP contribution in [-0.2, 0) is 20.7 Å². The summed E-state index contributed by atoms with van der Waals surface area (Å²) in [5.41, 5.74) is 0.694. The summed E-state index contributed by atoms with van der Waals surface area (Å²) in [4.78, 5) is 13.9. The van der Waals surface area contributed by atoms with Gasteiger partial charge in [0.25, 0.3) is 0 Å². The number of carbonyl (C=O) groups excluding carboxylic acids is 1. The Bertz CT molecular complexity index is 743. The number of halogens is 1. The first-order chi connectivity index (χ1) is 12.7. The van der Waals surface area contributed by atoms with E-state index in [0.29, 0.717) is 24.3 Å². The highest BCUT2D eigenvalue weighted by Gasteiger charge is 2.17. The van der Waals surface area contributed by atoms with E-state index < -0.39 is 11.8 Å². The van der Waals surface area contributed by atoms with E-state index in [0.717, 1.165) is 39.3 Å². The number of carbonyl (C=O) groups is 1. The van der Waals surface area contributed by atoms with Gasteiger partial charge < -0.3 is 18.7 Å². The van der Waals surface area contributed by atoms with Crippen molar-refractivity contribution in [3.05, 3.63) is 23.6 Å². The molecule has 2 aromatic rings. The van der Waals surface area contributed by atoms with Crippen LogP contribution in [-0.4, -0.2) is 62.1 Å². The Morgan fingerprint density at radius 3 is 2.92 bits per heavy atom. The van der Waals surface area contributed by atoms with Crippen molar-refractivity contribution < 1.29 is 27.9 Å². The van der Waals surface area contributed by atoms with Gasteiger partial charge in [0, 0.05) is 31.1 Å².